The number of para-hydroxylation sites is 1. The molecule has 0 amide bonds. The molecule has 3 nitrogen and oxygen atoms in total. The molecule has 0 spiro atoms. The van der Waals surface area contributed by atoms with Crippen LogP contribution in [0.2, 0.25) is 0 Å². The number of carbonyl (C=O) groups is 1. The number of halogens is 2. The van der Waals surface area contributed by atoms with Crippen molar-refractivity contribution in [3.8, 4) is 0 Å². The molecule has 0 saturated heterocycles. The molecular formula is C19H18F2N2O. The predicted molar refractivity (Wildman–Crippen MR) is 90.0 cm³/mol. The van der Waals surface area contributed by atoms with Gasteiger partial charge in [-0.25, -0.2) is 8.78 Å². The van der Waals surface area contributed by atoms with Crippen LogP contribution in [-0.4, -0.2) is 16.8 Å². The molecule has 2 aromatic carbocycles. The highest BCUT2D eigenvalue weighted by Gasteiger charge is 2.21. The number of H-pyrrole nitrogens is 1. The van der Waals surface area contributed by atoms with E-state index in [4.69, 9.17) is 0 Å². The van der Waals surface area contributed by atoms with E-state index in [9.17, 15) is 13.6 Å². The first kappa shape index (κ1) is 16.3. The summed E-state index contributed by atoms with van der Waals surface area (Å²) >= 11 is 0. The summed E-state index contributed by atoms with van der Waals surface area (Å²) in [5.41, 5.74) is 1.82. The smallest absolute Gasteiger partial charge is 0.181 e. The van der Waals surface area contributed by atoms with Crippen molar-refractivity contribution in [3.05, 3.63) is 71.4 Å². The van der Waals surface area contributed by atoms with Gasteiger partial charge < -0.3 is 10.3 Å². The first-order valence-corrected chi connectivity index (χ1v) is 7.78. The van der Waals surface area contributed by atoms with E-state index in [2.05, 4.69) is 10.3 Å². The van der Waals surface area contributed by atoms with Crippen molar-refractivity contribution in [1.82, 2.24) is 10.3 Å². The number of nitrogens with one attached hydrogen (secondary N) is 2. The molecule has 5 heteroatoms. The molecule has 1 heterocycles. The van der Waals surface area contributed by atoms with Crippen LogP contribution in [0.3, 0.4) is 0 Å². The Morgan fingerprint density at radius 3 is 2.62 bits per heavy atom. The third kappa shape index (κ3) is 3.08. The molecular weight excluding hydrogens is 310 g/mol. The maximum atomic E-state index is 13.9. The summed E-state index contributed by atoms with van der Waals surface area (Å²) in [4.78, 5) is 15.8. The van der Waals surface area contributed by atoms with Crippen molar-refractivity contribution < 1.29 is 13.6 Å². The summed E-state index contributed by atoms with van der Waals surface area (Å²) < 4.78 is 26.9. The number of hydrogen-bond donors (Lipinski definition) is 2. The number of fused-ring (bicyclic) bond motifs is 1. The monoisotopic (exact) mass is 328 g/mol. The zero-order chi connectivity index (χ0) is 17.3. The number of carbonyl (C=O) groups excluding carboxylic acids is 1. The Labute approximate surface area is 138 Å². The fraction of sp³-hybridized carbons (Fsp3) is 0.211. The molecule has 2 atom stereocenters. The summed E-state index contributed by atoms with van der Waals surface area (Å²) in [5.74, 6) is -1.32. The van der Waals surface area contributed by atoms with Gasteiger partial charge in [-0.3, -0.25) is 4.79 Å². The minimum atomic E-state index is -0.623. The Bertz CT molecular complexity index is 888. The minimum absolute atomic E-state index is 0.0816. The normalized spacial score (nSPS) is 13.8. The van der Waals surface area contributed by atoms with Crippen LogP contribution in [-0.2, 0) is 0 Å². The summed E-state index contributed by atoms with van der Waals surface area (Å²) in [5, 5.41) is 3.94. The van der Waals surface area contributed by atoms with Crippen LogP contribution >= 0.6 is 0 Å². The van der Waals surface area contributed by atoms with E-state index >= 15 is 0 Å². The number of rotatable bonds is 5. The molecule has 3 aromatic rings. The lowest BCUT2D eigenvalue weighted by atomic mass is 10.0. The quantitative estimate of drug-likeness (QED) is 0.683. The molecule has 1 aromatic heterocycles. The van der Waals surface area contributed by atoms with Gasteiger partial charge in [-0.05, 0) is 26.0 Å². The Hall–Kier alpha value is -2.53. The molecule has 0 fully saturated rings. The van der Waals surface area contributed by atoms with E-state index in [1.54, 1.807) is 20.0 Å². The molecule has 2 N–H and O–H groups in total. The summed E-state index contributed by atoms with van der Waals surface area (Å²) in [6.45, 7) is 3.48. The number of hydrogen-bond acceptors (Lipinski definition) is 2. The van der Waals surface area contributed by atoms with Crippen LogP contribution in [0.15, 0.2) is 48.7 Å². The molecule has 0 aliphatic heterocycles. The topological polar surface area (TPSA) is 44.9 Å². The molecule has 0 radical (unpaired) electrons. The Balaban J connectivity index is 1.79. The third-order valence-electron chi connectivity index (χ3n) is 4.18. The SMILES string of the molecule is C[C@H](N[C@H](C)C(=O)c1c[nH]c2ccccc12)c1ccc(F)cc1F. The van der Waals surface area contributed by atoms with Crippen molar-refractivity contribution in [2.45, 2.75) is 25.9 Å². The maximum Gasteiger partial charge on any atom is 0.181 e. The predicted octanol–water partition coefficient (Wildman–Crippen LogP) is 4.37. The van der Waals surface area contributed by atoms with Gasteiger partial charge in [0.05, 0.1) is 6.04 Å². The van der Waals surface area contributed by atoms with Gasteiger partial charge in [-0.1, -0.05) is 24.3 Å². The van der Waals surface area contributed by atoms with Crippen LogP contribution in [0, 0.1) is 11.6 Å². The van der Waals surface area contributed by atoms with E-state index in [0.717, 1.165) is 17.0 Å². The second kappa shape index (κ2) is 6.53. The zero-order valence-electron chi connectivity index (χ0n) is 13.4. The fourth-order valence-electron chi connectivity index (χ4n) is 2.90. The number of benzene rings is 2. The lowest BCUT2D eigenvalue weighted by Crippen LogP contribution is -2.36. The van der Waals surface area contributed by atoms with E-state index in [1.165, 1.54) is 12.1 Å². The molecule has 0 aliphatic carbocycles. The van der Waals surface area contributed by atoms with Crippen molar-refractivity contribution in [1.29, 1.82) is 0 Å². The maximum absolute atomic E-state index is 13.9. The molecule has 0 aliphatic rings. The summed E-state index contributed by atoms with van der Waals surface area (Å²) in [7, 11) is 0. The average molecular weight is 328 g/mol. The molecule has 0 saturated carbocycles. The number of Topliss-reactive ketones (excluding diaryl/α,β-unsaturated/α-hetero) is 1. The lowest BCUT2D eigenvalue weighted by molar-refractivity contribution is 0.0947. The largest absolute Gasteiger partial charge is 0.360 e. The first-order chi connectivity index (χ1) is 11.5. The van der Waals surface area contributed by atoms with Crippen molar-refractivity contribution >= 4 is 16.7 Å². The van der Waals surface area contributed by atoms with Crippen molar-refractivity contribution in [2.24, 2.45) is 0 Å². The number of ketones is 1. The third-order valence-corrected chi connectivity index (χ3v) is 4.18. The lowest BCUT2D eigenvalue weighted by Gasteiger charge is -2.20. The Morgan fingerprint density at radius 1 is 1.12 bits per heavy atom. The fourth-order valence-corrected chi connectivity index (χ4v) is 2.90. The van der Waals surface area contributed by atoms with Crippen LogP contribution in [0.4, 0.5) is 8.78 Å². The van der Waals surface area contributed by atoms with Gasteiger partial charge in [-0.2, -0.15) is 0 Å². The standard InChI is InChI=1S/C19H18F2N2O/c1-11(14-8-7-13(20)9-17(14)21)23-12(2)19(24)16-10-22-18-6-4-3-5-15(16)18/h3-12,22-23H,1-2H3/t11-,12+/m0/s1. The number of aromatic amines is 1. The van der Waals surface area contributed by atoms with Crippen LogP contribution in [0.1, 0.15) is 35.8 Å². The number of aromatic nitrogens is 1. The minimum Gasteiger partial charge on any atom is -0.360 e. The van der Waals surface area contributed by atoms with Crippen molar-refractivity contribution in [2.75, 3.05) is 0 Å². The molecule has 124 valence electrons. The second-order valence-corrected chi connectivity index (χ2v) is 5.89. The van der Waals surface area contributed by atoms with Crippen LogP contribution in [0.5, 0.6) is 0 Å². The highest BCUT2D eigenvalue weighted by Crippen LogP contribution is 2.22. The van der Waals surface area contributed by atoms with Crippen LogP contribution in [0.25, 0.3) is 10.9 Å². The molecule has 0 bridgehead atoms. The van der Waals surface area contributed by atoms with Gasteiger partial charge in [0.1, 0.15) is 11.6 Å². The Kier molecular flexibility index (Phi) is 4.44. The van der Waals surface area contributed by atoms with Gasteiger partial charge in [-0.15, -0.1) is 0 Å². The van der Waals surface area contributed by atoms with Gasteiger partial charge in [0.15, 0.2) is 5.78 Å². The van der Waals surface area contributed by atoms with E-state index in [-0.39, 0.29) is 5.78 Å². The zero-order valence-corrected chi connectivity index (χ0v) is 13.4. The average Bonchev–Trinajstić information content (AvgIpc) is 2.97. The molecule has 0 unspecified atom stereocenters. The highest BCUT2D eigenvalue weighted by molar-refractivity contribution is 6.10. The second-order valence-electron chi connectivity index (χ2n) is 5.89. The highest BCUT2D eigenvalue weighted by atomic mass is 19.1. The molecule has 24 heavy (non-hydrogen) atoms. The Morgan fingerprint density at radius 2 is 1.88 bits per heavy atom. The first-order valence-electron chi connectivity index (χ1n) is 7.78. The molecule has 3 rings (SSSR count). The van der Waals surface area contributed by atoms with Gasteiger partial charge in [0.25, 0.3) is 0 Å². The van der Waals surface area contributed by atoms with E-state index < -0.39 is 23.7 Å². The van der Waals surface area contributed by atoms with Gasteiger partial charge in [0, 0.05) is 40.3 Å². The van der Waals surface area contributed by atoms with E-state index in [1.807, 2.05) is 24.3 Å². The summed E-state index contributed by atoms with van der Waals surface area (Å²) in [6.07, 6.45) is 1.69. The van der Waals surface area contributed by atoms with Crippen molar-refractivity contribution in [3.63, 3.8) is 0 Å². The van der Waals surface area contributed by atoms with Gasteiger partial charge >= 0.3 is 0 Å². The van der Waals surface area contributed by atoms with E-state index in [0.29, 0.717) is 11.1 Å². The van der Waals surface area contributed by atoms with Gasteiger partial charge in [0.2, 0.25) is 0 Å². The summed E-state index contributed by atoms with van der Waals surface area (Å²) in [6, 6.07) is 10.1. The van der Waals surface area contributed by atoms with Crippen LogP contribution < -0.4 is 5.32 Å².